The lowest BCUT2D eigenvalue weighted by molar-refractivity contribution is 0.553. The normalized spacial score (nSPS) is 13.6. The second kappa shape index (κ2) is 6.59. The first-order valence-electron chi connectivity index (χ1n) is 6.24. The number of anilines is 1. The van der Waals surface area contributed by atoms with Crippen molar-refractivity contribution in [2.24, 2.45) is 0 Å². The molecule has 0 radical (unpaired) electrons. The molecule has 0 aliphatic heterocycles. The Labute approximate surface area is 120 Å². The number of hydrogen-bond donors (Lipinski definition) is 2. The van der Waals surface area contributed by atoms with Crippen molar-refractivity contribution in [2.45, 2.75) is 39.0 Å². The van der Waals surface area contributed by atoms with Crippen molar-refractivity contribution in [3.63, 3.8) is 0 Å². The molecule has 0 amide bonds. The van der Waals surface area contributed by atoms with Crippen molar-refractivity contribution in [3.05, 3.63) is 28.8 Å². The van der Waals surface area contributed by atoms with Crippen LogP contribution >= 0.6 is 11.6 Å². The number of halogens is 1. The molecule has 1 unspecified atom stereocenters. The van der Waals surface area contributed by atoms with Crippen molar-refractivity contribution in [1.82, 2.24) is 5.32 Å². The van der Waals surface area contributed by atoms with Gasteiger partial charge < -0.3 is 5.32 Å². The number of benzene rings is 1. The first-order chi connectivity index (χ1) is 8.74. The van der Waals surface area contributed by atoms with E-state index in [0.717, 1.165) is 5.56 Å². The van der Waals surface area contributed by atoms with Gasteiger partial charge in [0.25, 0.3) is 0 Å². The first kappa shape index (κ1) is 16.3. The molecular formula is C13H21ClN2O2S. The molecule has 0 saturated carbocycles. The molecule has 0 saturated heterocycles. The summed E-state index contributed by atoms with van der Waals surface area (Å²) >= 11 is 5.98. The predicted molar refractivity (Wildman–Crippen MR) is 81.3 cm³/mol. The van der Waals surface area contributed by atoms with E-state index in [4.69, 9.17) is 11.6 Å². The molecule has 0 aromatic heterocycles. The molecule has 1 aromatic rings. The van der Waals surface area contributed by atoms with Crippen LogP contribution < -0.4 is 10.0 Å². The van der Waals surface area contributed by atoms with Gasteiger partial charge in [-0.05, 0) is 31.5 Å². The SMILES string of the molecule is Cc1c(Cl)cccc1NS(=O)(=O)C(C)CNC(C)C. The highest BCUT2D eigenvalue weighted by Crippen LogP contribution is 2.24. The number of nitrogens with one attached hydrogen (secondary N) is 2. The molecule has 1 rings (SSSR count). The monoisotopic (exact) mass is 304 g/mol. The van der Waals surface area contributed by atoms with Crippen LogP contribution in [0.15, 0.2) is 18.2 Å². The lowest BCUT2D eigenvalue weighted by Gasteiger charge is -2.18. The third-order valence-electron chi connectivity index (χ3n) is 2.86. The molecule has 0 spiro atoms. The van der Waals surface area contributed by atoms with Crippen molar-refractivity contribution in [3.8, 4) is 0 Å². The zero-order chi connectivity index (χ0) is 14.6. The summed E-state index contributed by atoms with van der Waals surface area (Å²) in [6.07, 6.45) is 0. The van der Waals surface area contributed by atoms with E-state index in [1.54, 1.807) is 32.0 Å². The van der Waals surface area contributed by atoms with Crippen molar-refractivity contribution in [2.75, 3.05) is 11.3 Å². The molecule has 2 N–H and O–H groups in total. The summed E-state index contributed by atoms with van der Waals surface area (Å²) in [6.45, 7) is 7.84. The summed E-state index contributed by atoms with van der Waals surface area (Å²) < 4.78 is 27.0. The third-order valence-corrected chi connectivity index (χ3v) is 5.00. The van der Waals surface area contributed by atoms with Gasteiger partial charge in [-0.2, -0.15) is 0 Å². The molecule has 0 bridgehead atoms. The molecule has 1 atom stereocenters. The van der Waals surface area contributed by atoms with Crippen LogP contribution in [0.4, 0.5) is 5.69 Å². The van der Waals surface area contributed by atoms with E-state index in [9.17, 15) is 8.42 Å². The molecule has 0 heterocycles. The van der Waals surface area contributed by atoms with E-state index in [-0.39, 0.29) is 6.04 Å². The van der Waals surface area contributed by atoms with Gasteiger partial charge in [0.1, 0.15) is 0 Å². The highest BCUT2D eigenvalue weighted by molar-refractivity contribution is 7.93. The van der Waals surface area contributed by atoms with Gasteiger partial charge in [-0.3, -0.25) is 4.72 Å². The van der Waals surface area contributed by atoms with Crippen LogP contribution in [0.25, 0.3) is 0 Å². The maximum Gasteiger partial charge on any atom is 0.236 e. The molecule has 0 aliphatic carbocycles. The van der Waals surface area contributed by atoms with Crippen molar-refractivity contribution < 1.29 is 8.42 Å². The van der Waals surface area contributed by atoms with Gasteiger partial charge in [0.05, 0.1) is 10.9 Å². The summed E-state index contributed by atoms with van der Waals surface area (Å²) in [5, 5.41) is 3.15. The molecule has 0 aliphatic rings. The van der Waals surface area contributed by atoms with E-state index in [1.165, 1.54) is 0 Å². The summed E-state index contributed by atoms with van der Waals surface area (Å²) in [5.74, 6) is 0. The smallest absolute Gasteiger partial charge is 0.236 e. The largest absolute Gasteiger partial charge is 0.313 e. The molecule has 6 heteroatoms. The zero-order valence-electron chi connectivity index (χ0n) is 11.7. The Kier molecular flexibility index (Phi) is 5.64. The number of hydrogen-bond acceptors (Lipinski definition) is 3. The fourth-order valence-electron chi connectivity index (χ4n) is 1.48. The second-order valence-electron chi connectivity index (χ2n) is 4.93. The molecule has 1 aromatic carbocycles. The number of sulfonamides is 1. The quantitative estimate of drug-likeness (QED) is 0.849. The van der Waals surface area contributed by atoms with Gasteiger partial charge in [0.2, 0.25) is 10.0 Å². The Bertz CT molecular complexity index is 529. The standard InChI is InChI=1S/C13H21ClN2O2S/c1-9(2)15-8-10(3)19(17,18)16-13-7-5-6-12(14)11(13)4/h5-7,9-10,15-16H,8H2,1-4H3. The van der Waals surface area contributed by atoms with Gasteiger partial charge >= 0.3 is 0 Å². The highest BCUT2D eigenvalue weighted by atomic mass is 35.5. The molecular weight excluding hydrogens is 284 g/mol. The minimum atomic E-state index is -3.42. The Morgan fingerprint density at radius 3 is 2.47 bits per heavy atom. The summed E-state index contributed by atoms with van der Waals surface area (Å²) in [5.41, 5.74) is 1.26. The van der Waals surface area contributed by atoms with E-state index in [1.807, 2.05) is 13.8 Å². The van der Waals surface area contributed by atoms with E-state index >= 15 is 0 Å². The lowest BCUT2D eigenvalue weighted by atomic mass is 10.2. The maximum atomic E-state index is 12.2. The summed E-state index contributed by atoms with van der Waals surface area (Å²) in [7, 11) is -3.42. The van der Waals surface area contributed by atoms with Gasteiger partial charge in [-0.15, -0.1) is 0 Å². The molecule has 4 nitrogen and oxygen atoms in total. The summed E-state index contributed by atoms with van der Waals surface area (Å²) in [6, 6.07) is 5.43. The maximum absolute atomic E-state index is 12.2. The van der Waals surface area contributed by atoms with Crippen LogP contribution in [-0.4, -0.2) is 26.3 Å². The van der Waals surface area contributed by atoms with E-state index < -0.39 is 15.3 Å². The average Bonchev–Trinajstić information content (AvgIpc) is 2.31. The van der Waals surface area contributed by atoms with Gasteiger partial charge in [0, 0.05) is 17.6 Å². The summed E-state index contributed by atoms with van der Waals surface area (Å²) in [4.78, 5) is 0. The van der Waals surface area contributed by atoms with E-state index in [0.29, 0.717) is 17.3 Å². The minimum absolute atomic E-state index is 0.255. The van der Waals surface area contributed by atoms with E-state index in [2.05, 4.69) is 10.0 Å². The van der Waals surface area contributed by atoms with Gasteiger partial charge in [-0.25, -0.2) is 8.42 Å². The predicted octanol–water partition coefficient (Wildman–Crippen LogP) is 2.78. The highest BCUT2D eigenvalue weighted by Gasteiger charge is 2.21. The fourth-order valence-corrected chi connectivity index (χ4v) is 2.70. The average molecular weight is 305 g/mol. The first-order valence-corrected chi connectivity index (χ1v) is 8.16. The molecule has 0 fully saturated rings. The lowest BCUT2D eigenvalue weighted by Crippen LogP contribution is -2.37. The minimum Gasteiger partial charge on any atom is -0.313 e. The molecule has 108 valence electrons. The Morgan fingerprint density at radius 1 is 1.26 bits per heavy atom. The van der Waals surface area contributed by atoms with Crippen LogP contribution in [0.3, 0.4) is 0 Å². The second-order valence-corrected chi connectivity index (χ2v) is 7.44. The van der Waals surface area contributed by atoms with Crippen molar-refractivity contribution in [1.29, 1.82) is 0 Å². The van der Waals surface area contributed by atoms with Crippen LogP contribution in [0.1, 0.15) is 26.3 Å². The van der Waals surface area contributed by atoms with Gasteiger partial charge in [0.15, 0.2) is 0 Å². The topological polar surface area (TPSA) is 58.2 Å². The third kappa shape index (κ3) is 4.67. The van der Waals surface area contributed by atoms with Crippen LogP contribution in [0.2, 0.25) is 5.02 Å². The molecule has 19 heavy (non-hydrogen) atoms. The Balaban J connectivity index is 2.82. The van der Waals surface area contributed by atoms with Crippen molar-refractivity contribution >= 4 is 27.3 Å². The fraction of sp³-hybridized carbons (Fsp3) is 0.538. The Morgan fingerprint density at radius 2 is 1.89 bits per heavy atom. The van der Waals surface area contributed by atoms with Crippen LogP contribution in [0.5, 0.6) is 0 Å². The number of rotatable bonds is 6. The van der Waals surface area contributed by atoms with Crippen LogP contribution in [0, 0.1) is 6.92 Å². The zero-order valence-corrected chi connectivity index (χ0v) is 13.3. The Hall–Kier alpha value is -0.780. The van der Waals surface area contributed by atoms with Crippen LogP contribution in [-0.2, 0) is 10.0 Å². The van der Waals surface area contributed by atoms with Gasteiger partial charge in [-0.1, -0.05) is 31.5 Å².